The van der Waals surface area contributed by atoms with Gasteiger partial charge in [-0.15, -0.1) is 0 Å². The summed E-state index contributed by atoms with van der Waals surface area (Å²) in [6, 6.07) is 1.83. The molecule has 3 heterocycles. The second-order valence-corrected chi connectivity index (χ2v) is 7.51. The fourth-order valence-corrected chi connectivity index (χ4v) is 3.91. The Labute approximate surface area is 148 Å². The Morgan fingerprint density at radius 2 is 2.12 bits per heavy atom. The van der Waals surface area contributed by atoms with E-state index < -0.39 is 5.60 Å². The fourth-order valence-electron chi connectivity index (χ4n) is 3.91. The molecule has 1 saturated heterocycles. The lowest BCUT2D eigenvalue weighted by molar-refractivity contribution is -0.0391. The SMILES string of the molecule is Cc1cc(C(=O)N2CCC[C@](O)(CN(C)C)C2)c2c(C)nn(C)c2n1. The van der Waals surface area contributed by atoms with E-state index >= 15 is 0 Å². The third-order valence-electron chi connectivity index (χ3n) is 4.78. The molecule has 7 nitrogen and oxygen atoms in total. The first kappa shape index (κ1) is 17.8. The van der Waals surface area contributed by atoms with Crippen molar-refractivity contribution in [3.05, 3.63) is 23.0 Å². The number of β-amino-alcohol motifs (C(OH)–C–C–N with tert-alkyl or cyclic N) is 1. The molecule has 2 aromatic rings. The molecular formula is C18H27N5O2. The van der Waals surface area contributed by atoms with Crippen molar-refractivity contribution in [3.63, 3.8) is 0 Å². The van der Waals surface area contributed by atoms with E-state index in [1.165, 1.54) is 0 Å². The molecule has 0 aliphatic carbocycles. The number of pyridine rings is 1. The van der Waals surface area contributed by atoms with Gasteiger partial charge >= 0.3 is 0 Å². The van der Waals surface area contributed by atoms with Gasteiger partial charge in [-0.1, -0.05) is 0 Å². The number of hydrogen-bond donors (Lipinski definition) is 1. The third kappa shape index (κ3) is 3.39. The van der Waals surface area contributed by atoms with Crippen LogP contribution in [0.15, 0.2) is 6.07 Å². The van der Waals surface area contributed by atoms with Gasteiger partial charge in [-0.3, -0.25) is 9.48 Å². The van der Waals surface area contributed by atoms with Crippen molar-refractivity contribution in [1.82, 2.24) is 24.6 Å². The number of hydrogen-bond acceptors (Lipinski definition) is 5. The van der Waals surface area contributed by atoms with Crippen molar-refractivity contribution in [2.75, 3.05) is 33.7 Å². The highest BCUT2D eigenvalue weighted by Gasteiger charge is 2.36. The molecule has 0 spiro atoms. The van der Waals surface area contributed by atoms with Gasteiger partial charge in [0.1, 0.15) is 0 Å². The quantitative estimate of drug-likeness (QED) is 0.902. The summed E-state index contributed by atoms with van der Waals surface area (Å²) < 4.78 is 1.72. The zero-order valence-corrected chi connectivity index (χ0v) is 15.7. The van der Waals surface area contributed by atoms with E-state index in [0.717, 1.165) is 28.8 Å². The number of aliphatic hydroxyl groups is 1. The maximum absolute atomic E-state index is 13.2. The van der Waals surface area contributed by atoms with Crippen molar-refractivity contribution >= 4 is 16.9 Å². The number of piperidine rings is 1. The van der Waals surface area contributed by atoms with E-state index in [-0.39, 0.29) is 5.91 Å². The van der Waals surface area contributed by atoms with E-state index in [9.17, 15) is 9.90 Å². The number of carbonyl (C=O) groups is 1. The van der Waals surface area contributed by atoms with Crippen LogP contribution in [0.3, 0.4) is 0 Å². The number of carbonyl (C=O) groups excluding carboxylic acids is 1. The van der Waals surface area contributed by atoms with Gasteiger partial charge in [-0.05, 0) is 46.9 Å². The van der Waals surface area contributed by atoms with Crippen molar-refractivity contribution < 1.29 is 9.90 Å². The van der Waals surface area contributed by atoms with Gasteiger partial charge in [0.2, 0.25) is 0 Å². The zero-order valence-electron chi connectivity index (χ0n) is 15.7. The maximum atomic E-state index is 13.2. The predicted molar refractivity (Wildman–Crippen MR) is 96.6 cm³/mol. The zero-order chi connectivity index (χ0) is 18.4. The van der Waals surface area contributed by atoms with Crippen LogP contribution in [-0.4, -0.2) is 74.9 Å². The highest BCUT2D eigenvalue weighted by molar-refractivity contribution is 6.06. The number of aromatic nitrogens is 3. The van der Waals surface area contributed by atoms with Crippen LogP contribution < -0.4 is 0 Å². The molecule has 1 N–H and O–H groups in total. The Morgan fingerprint density at radius 3 is 2.80 bits per heavy atom. The van der Waals surface area contributed by atoms with Crippen LogP contribution in [0.1, 0.15) is 34.6 Å². The molecule has 0 saturated carbocycles. The average molecular weight is 345 g/mol. The van der Waals surface area contributed by atoms with E-state index in [2.05, 4.69) is 10.1 Å². The van der Waals surface area contributed by atoms with Crippen LogP contribution in [0.2, 0.25) is 0 Å². The average Bonchev–Trinajstić information content (AvgIpc) is 2.79. The molecule has 3 rings (SSSR count). The molecule has 0 unspecified atom stereocenters. The smallest absolute Gasteiger partial charge is 0.254 e. The summed E-state index contributed by atoms with van der Waals surface area (Å²) in [5.41, 5.74) is 2.08. The van der Waals surface area contributed by atoms with Crippen molar-refractivity contribution in [2.24, 2.45) is 7.05 Å². The van der Waals surface area contributed by atoms with Crippen LogP contribution in [0.5, 0.6) is 0 Å². The second-order valence-electron chi connectivity index (χ2n) is 7.51. The molecule has 2 aromatic heterocycles. The summed E-state index contributed by atoms with van der Waals surface area (Å²) in [5, 5.41) is 16.1. The van der Waals surface area contributed by atoms with E-state index in [4.69, 9.17) is 0 Å². The van der Waals surface area contributed by atoms with Crippen molar-refractivity contribution in [2.45, 2.75) is 32.3 Å². The third-order valence-corrected chi connectivity index (χ3v) is 4.78. The van der Waals surface area contributed by atoms with Gasteiger partial charge in [0, 0.05) is 25.8 Å². The van der Waals surface area contributed by atoms with Crippen LogP contribution in [0.25, 0.3) is 11.0 Å². The number of likely N-dealkylation sites (tertiary alicyclic amines) is 1. The molecule has 25 heavy (non-hydrogen) atoms. The van der Waals surface area contributed by atoms with E-state index in [0.29, 0.717) is 31.6 Å². The number of nitrogens with zero attached hydrogens (tertiary/aromatic N) is 5. The topological polar surface area (TPSA) is 74.5 Å². The number of aryl methyl sites for hydroxylation is 3. The summed E-state index contributed by atoms with van der Waals surface area (Å²) in [5.74, 6) is -0.0523. The summed E-state index contributed by atoms with van der Waals surface area (Å²) in [6.07, 6.45) is 1.51. The van der Waals surface area contributed by atoms with Crippen molar-refractivity contribution in [3.8, 4) is 0 Å². The number of amides is 1. The van der Waals surface area contributed by atoms with E-state index in [1.807, 2.05) is 46.0 Å². The molecule has 0 aromatic carbocycles. The monoisotopic (exact) mass is 345 g/mol. The first-order valence-corrected chi connectivity index (χ1v) is 8.67. The Hall–Kier alpha value is -1.99. The number of rotatable bonds is 3. The Bertz CT molecular complexity index is 813. The molecule has 1 amide bonds. The lowest BCUT2D eigenvalue weighted by Gasteiger charge is -2.40. The van der Waals surface area contributed by atoms with Gasteiger partial charge in [0.25, 0.3) is 5.91 Å². The molecule has 7 heteroatoms. The lowest BCUT2D eigenvalue weighted by atomic mass is 9.91. The molecule has 1 atom stereocenters. The molecule has 1 fully saturated rings. The first-order chi connectivity index (χ1) is 11.7. The summed E-state index contributed by atoms with van der Waals surface area (Å²) >= 11 is 0. The molecular weight excluding hydrogens is 318 g/mol. The highest BCUT2D eigenvalue weighted by Crippen LogP contribution is 2.27. The highest BCUT2D eigenvalue weighted by atomic mass is 16.3. The summed E-state index contributed by atoms with van der Waals surface area (Å²) in [7, 11) is 5.72. The minimum Gasteiger partial charge on any atom is -0.387 e. The van der Waals surface area contributed by atoms with Gasteiger partial charge in [-0.25, -0.2) is 4.98 Å². The maximum Gasteiger partial charge on any atom is 0.254 e. The number of likely N-dealkylation sites (N-methyl/N-ethyl adjacent to an activating group) is 1. The second kappa shape index (κ2) is 6.38. The molecule has 0 radical (unpaired) electrons. The minimum absolute atomic E-state index is 0.0523. The van der Waals surface area contributed by atoms with Gasteiger partial charge in [-0.2, -0.15) is 5.10 Å². The molecule has 0 bridgehead atoms. The predicted octanol–water partition coefficient (Wildman–Crippen LogP) is 1.11. The van der Waals surface area contributed by atoms with Crippen LogP contribution in [0, 0.1) is 13.8 Å². The van der Waals surface area contributed by atoms with Crippen LogP contribution in [0.4, 0.5) is 0 Å². The van der Waals surface area contributed by atoms with E-state index in [1.54, 1.807) is 9.58 Å². The van der Waals surface area contributed by atoms with Crippen LogP contribution >= 0.6 is 0 Å². The van der Waals surface area contributed by atoms with Gasteiger partial charge in [0.05, 0.1) is 28.8 Å². The Kier molecular flexibility index (Phi) is 4.55. The van der Waals surface area contributed by atoms with Gasteiger partial charge in [0.15, 0.2) is 5.65 Å². The minimum atomic E-state index is -0.859. The fraction of sp³-hybridized carbons (Fsp3) is 0.611. The standard InChI is InChI=1S/C18H27N5O2/c1-12-9-14(15-13(2)20-22(5)16(15)19-12)17(24)23-8-6-7-18(25,11-23)10-21(3)4/h9,25H,6-8,10-11H2,1-5H3/t18-/m0/s1. The summed E-state index contributed by atoms with van der Waals surface area (Å²) in [4.78, 5) is 21.5. The van der Waals surface area contributed by atoms with Crippen LogP contribution in [-0.2, 0) is 7.05 Å². The number of fused-ring (bicyclic) bond motifs is 1. The normalized spacial score (nSPS) is 21.3. The Morgan fingerprint density at radius 1 is 1.40 bits per heavy atom. The summed E-state index contributed by atoms with van der Waals surface area (Å²) in [6.45, 7) is 5.35. The van der Waals surface area contributed by atoms with Crippen molar-refractivity contribution in [1.29, 1.82) is 0 Å². The lowest BCUT2D eigenvalue weighted by Crippen LogP contribution is -2.54. The largest absolute Gasteiger partial charge is 0.387 e. The molecule has 1 aliphatic heterocycles. The molecule has 1 aliphatic rings. The Balaban J connectivity index is 1.97. The van der Waals surface area contributed by atoms with Gasteiger partial charge < -0.3 is 14.9 Å². The first-order valence-electron chi connectivity index (χ1n) is 8.67. The molecule has 136 valence electrons.